The van der Waals surface area contributed by atoms with Gasteiger partial charge < -0.3 is 10.4 Å². The van der Waals surface area contributed by atoms with Crippen molar-refractivity contribution in [1.29, 1.82) is 0 Å². The fourth-order valence-corrected chi connectivity index (χ4v) is 3.28. The molecule has 1 saturated carbocycles. The molecular weight excluding hydrogens is 276 g/mol. The molecule has 1 aliphatic carbocycles. The third-order valence-corrected chi connectivity index (χ3v) is 4.48. The van der Waals surface area contributed by atoms with Gasteiger partial charge in [0, 0.05) is 12.7 Å². The summed E-state index contributed by atoms with van der Waals surface area (Å²) in [5.74, 6) is -0.530. The highest BCUT2D eigenvalue weighted by molar-refractivity contribution is 7.21. The Bertz CT molecular complexity index is 676. The number of pyridine rings is 1. The Labute approximate surface area is 119 Å². The van der Waals surface area contributed by atoms with Crippen LogP contribution < -0.4 is 5.32 Å². The van der Waals surface area contributed by atoms with Crippen LogP contribution in [-0.2, 0) is 4.79 Å². The first-order valence-corrected chi connectivity index (χ1v) is 7.35. The van der Waals surface area contributed by atoms with Gasteiger partial charge in [-0.1, -0.05) is 0 Å². The number of thiophene rings is 1. The van der Waals surface area contributed by atoms with Crippen LogP contribution in [0.2, 0.25) is 0 Å². The molecule has 1 fully saturated rings. The summed E-state index contributed by atoms with van der Waals surface area (Å²) >= 11 is 1.44. The normalized spacial score (nSPS) is 14.4. The van der Waals surface area contributed by atoms with Crippen molar-refractivity contribution in [2.75, 3.05) is 6.54 Å². The first-order chi connectivity index (χ1) is 9.65. The Kier molecular flexibility index (Phi) is 3.40. The Morgan fingerprint density at radius 1 is 1.45 bits per heavy atom. The summed E-state index contributed by atoms with van der Waals surface area (Å²) in [6.45, 7) is 0.144. The Morgan fingerprint density at radius 3 is 2.95 bits per heavy atom. The third-order valence-electron chi connectivity index (χ3n) is 3.31. The molecule has 2 heterocycles. The minimum Gasteiger partial charge on any atom is -0.481 e. The average molecular weight is 290 g/mol. The lowest BCUT2D eigenvalue weighted by atomic mass is 10.1. The van der Waals surface area contributed by atoms with E-state index in [4.69, 9.17) is 5.11 Å². The zero-order valence-electron chi connectivity index (χ0n) is 10.8. The SMILES string of the molecule is O=C(O)CCNC(=O)c1cc2nccc(C3CC3)c2s1. The molecule has 6 heteroatoms. The molecular formula is C14H14N2O3S. The van der Waals surface area contributed by atoms with Crippen LogP contribution in [-0.4, -0.2) is 28.5 Å². The maximum atomic E-state index is 12.0. The number of amides is 1. The van der Waals surface area contributed by atoms with Crippen LogP contribution in [0.25, 0.3) is 10.2 Å². The second kappa shape index (κ2) is 5.20. The molecule has 0 bridgehead atoms. The molecule has 5 nitrogen and oxygen atoms in total. The number of hydrogen-bond donors (Lipinski definition) is 2. The van der Waals surface area contributed by atoms with Crippen molar-refractivity contribution in [3.05, 3.63) is 28.8 Å². The van der Waals surface area contributed by atoms with Crippen molar-refractivity contribution >= 4 is 33.4 Å². The summed E-state index contributed by atoms with van der Waals surface area (Å²) < 4.78 is 1.08. The molecule has 0 atom stereocenters. The van der Waals surface area contributed by atoms with E-state index in [9.17, 15) is 9.59 Å². The molecule has 20 heavy (non-hydrogen) atoms. The lowest BCUT2D eigenvalue weighted by Gasteiger charge is -2.00. The second-order valence-corrected chi connectivity index (χ2v) is 5.95. The largest absolute Gasteiger partial charge is 0.481 e. The zero-order valence-corrected chi connectivity index (χ0v) is 11.6. The number of rotatable bonds is 5. The lowest BCUT2D eigenvalue weighted by Crippen LogP contribution is -2.25. The number of carboxylic acid groups (broad SMARTS) is 1. The molecule has 2 aromatic heterocycles. The van der Waals surface area contributed by atoms with E-state index in [1.54, 1.807) is 12.3 Å². The van der Waals surface area contributed by atoms with Crippen LogP contribution in [0.1, 0.15) is 40.4 Å². The van der Waals surface area contributed by atoms with Crippen LogP contribution >= 0.6 is 11.3 Å². The van der Waals surface area contributed by atoms with Crippen molar-refractivity contribution in [1.82, 2.24) is 10.3 Å². The van der Waals surface area contributed by atoms with Crippen LogP contribution in [0.5, 0.6) is 0 Å². The first kappa shape index (κ1) is 13.1. The highest BCUT2D eigenvalue weighted by atomic mass is 32.1. The smallest absolute Gasteiger partial charge is 0.305 e. The molecule has 1 amide bonds. The lowest BCUT2D eigenvalue weighted by molar-refractivity contribution is -0.136. The zero-order chi connectivity index (χ0) is 14.1. The van der Waals surface area contributed by atoms with E-state index in [2.05, 4.69) is 10.3 Å². The van der Waals surface area contributed by atoms with Crippen molar-refractivity contribution in [2.24, 2.45) is 0 Å². The van der Waals surface area contributed by atoms with Crippen LogP contribution in [0.15, 0.2) is 18.3 Å². The molecule has 0 aromatic carbocycles. The van der Waals surface area contributed by atoms with Crippen molar-refractivity contribution in [3.8, 4) is 0 Å². The molecule has 3 rings (SSSR count). The van der Waals surface area contributed by atoms with Gasteiger partial charge in [-0.3, -0.25) is 14.6 Å². The van der Waals surface area contributed by atoms with Crippen molar-refractivity contribution in [3.63, 3.8) is 0 Å². The molecule has 2 aromatic rings. The predicted octanol–water partition coefficient (Wildman–Crippen LogP) is 2.38. The summed E-state index contributed by atoms with van der Waals surface area (Å²) in [7, 11) is 0. The van der Waals surface area contributed by atoms with Gasteiger partial charge in [0.2, 0.25) is 0 Å². The highest BCUT2D eigenvalue weighted by Crippen LogP contribution is 2.44. The number of hydrogen-bond acceptors (Lipinski definition) is 4. The van der Waals surface area contributed by atoms with Crippen LogP contribution in [0, 0.1) is 0 Å². The summed E-state index contributed by atoms with van der Waals surface area (Å²) in [4.78, 5) is 27.3. The minimum absolute atomic E-state index is 0.0673. The second-order valence-electron chi connectivity index (χ2n) is 4.90. The predicted molar refractivity (Wildman–Crippen MR) is 76.2 cm³/mol. The Morgan fingerprint density at radius 2 is 2.25 bits per heavy atom. The molecule has 0 unspecified atom stereocenters. The van der Waals surface area contributed by atoms with E-state index in [0.717, 1.165) is 10.2 Å². The fourth-order valence-electron chi connectivity index (χ4n) is 2.16. The van der Waals surface area contributed by atoms with Gasteiger partial charge in [0.25, 0.3) is 5.91 Å². The number of nitrogens with zero attached hydrogens (tertiary/aromatic N) is 1. The standard InChI is InChI=1S/C14H14N2O3S/c17-12(18)4-6-16-14(19)11-7-10-13(20-11)9(3-5-15-10)8-1-2-8/h3,5,7-8H,1-2,4,6H2,(H,16,19)(H,17,18). The van der Waals surface area contributed by atoms with Gasteiger partial charge in [-0.15, -0.1) is 11.3 Å². The fraction of sp³-hybridized carbons (Fsp3) is 0.357. The van der Waals surface area contributed by atoms with Gasteiger partial charge in [-0.05, 0) is 36.5 Å². The minimum atomic E-state index is -0.917. The first-order valence-electron chi connectivity index (χ1n) is 6.53. The van der Waals surface area contributed by atoms with Gasteiger partial charge in [0.15, 0.2) is 0 Å². The van der Waals surface area contributed by atoms with Crippen molar-refractivity contribution in [2.45, 2.75) is 25.2 Å². The number of aliphatic carboxylic acids is 1. The number of carbonyl (C=O) groups is 2. The Balaban J connectivity index is 1.80. The topological polar surface area (TPSA) is 79.3 Å². The van der Waals surface area contributed by atoms with Gasteiger partial charge in [0.05, 0.1) is 21.5 Å². The number of aromatic nitrogens is 1. The van der Waals surface area contributed by atoms with E-state index < -0.39 is 5.97 Å². The van der Waals surface area contributed by atoms with E-state index in [0.29, 0.717) is 10.8 Å². The maximum Gasteiger partial charge on any atom is 0.305 e. The Hall–Kier alpha value is -1.95. The van der Waals surface area contributed by atoms with E-state index in [1.807, 2.05) is 6.07 Å². The van der Waals surface area contributed by atoms with Gasteiger partial charge in [-0.2, -0.15) is 0 Å². The van der Waals surface area contributed by atoms with Gasteiger partial charge in [0.1, 0.15) is 0 Å². The molecule has 2 N–H and O–H groups in total. The molecule has 104 valence electrons. The molecule has 0 aliphatic heterocycles. The summed E-state index contributed by atoms with van der Waals surface area (Å²) in [6.07, 6.45) is 4.13. The molecule has 0 spiro atoms. The van der Waals surface area contributed by atoms with Crippen LogP contribution in [0.4, 0.5) is 0 Å². The van der Waals surface area contributed by atoms with Crippen LogP contribution in [0.3, 0.4) is 0 Å². The monoisotopic (exact) mass is 290 g/mol. The number of nitrogens with one attached hydrogen (secondary N) is 1. The van der Waals surface area contributed by atoms with Gasteiger partial charge in [-0.25, -0.2) is 0 Å². The number of carboxylic acids is 1. The molecule has 0 radical (unpaired) electrons. The third kappa shape index (κ3) is 2.65. The average Bonchev–Trinajstić information content (AvgIpc) is 3.15. The van der Waals surface area contributed by atoms with Gasteiger partial charge >= 0.3 is 5.97 Å². The number of carbonyl (C=O) groups excluding carboxylic acids is 1. The van der Waals surface area contributed by atoms with E-state index >= 15 is 0 Å². The quantitative estimate of drug-likeness (QED) is 0.886. The summed E-state index contributed by atoms with van der Waals surface area (Å²) in [6, 6.07) is 3.81. The van der Waals surface area contributed by atoms with Crippen molar-refractivity contribution < 1.29 is 14.7 Å². The molecule has 0 saturated heterocycles. The summed E-state index contributed by atoms with van der Waals surface area (Å²) in [5.41, 5.74) is 2.13. The van der Waals surface area contributed by atoms with E-state index in [-0.39, 0.29) is 18.9 Å². The van der Waals surface area contributed by atoms with E-state index in [1.165, 1.54) is 29.7 Å². The summed E-state index contributed by atoms with van der Waals surface area (Å²) in [5, 5.41) is 11.2. The highest BCUT2D eigenvalue weighted by Gasteiger charge is 2.26. The number of fused-ring (bicyclic) bond motifs is 1. The maximum absolute atomic E-state index is 12.0. The molecule has 1 aliphatic rings.